The monoisotopic (exact) mass is 646 g/mol. The van der Waals surface area contributed by atoms with E-state index in [1.165, 1.54) is 118 Å². The molecule has 3 aliphatic rings. The zero-order chi connectivity index (χ0) is 32.1. The summed E-state index contributed by atoms with van der Waals surface area (Å²) in [4.78, 5) is 17.9. The van der Waals surface area contributed by atoms with Gasteiger partial charge in [0.05, 0.1) is 0 Å². The predicted molar refractivity (Wildman–Crippen MR) is 193 cm³/mol. The van der Waals surface area contributed by atoms with Crippen LogP contribution >= 0.6 is 10.3 Å². The molecule has 0 aliphatic heterocycles. The van der Waals surface area contributed by atoms with E-state index < -0.39 is 16.3 Å². The van der Waals surface area contributed by atoms with Crippen LogP contribution in [-0.4, -0.2) is 11.1 Å². The van der Waals surface area contributed by atoms with E-state index in [0.717, 1.165) is 9.79 Å². The molecule has 3 aliphatic carbocycles. The molecule has 47 heavy (non-hydrogen) atoms. The number of carbonyl (C=O) groups excluding carboxylic acids is 1. The molecule has 0 atom stereocenters. The van der Waals surface area contributed by atoms with E-state index in [1.807, 2.05) is 0 Å². The van der Waals surface area contributed by atoms with E-state index in [9.17, 15) is 9.90 Å². The highest BCUT2D eigenvalue weighted by molar-refractivity contribution is 8.30. The molecule has 246 valence electrons. The summed E-state index contributed by atoms with van der Waals surface area (Å²) >= 11 is 0. The third kappa shape index (κ3) is 6.64. The van der Waals surface area contributed by atoms with Crippen molar-refractivity contribution in [2.75, 3.05) is 0 Å². The fraction of sp³-hybridized carbons (Fsp3) is 0.419. The molecule has 0 amide bonds. The van der Waals surface area contributed by atoms with Crippen LogP contribution in [0.15, 0.2) is 112 Å². The molecular weight excluding hydrogens is 597 g/mol. The van der Waals surface area contributed by atoms with Gasteiger partial charge in [0.25, 0.3) is 0 Å². The number of phenolic OH excluding ortho intramolecular Hbond substituents is 1. The molecule has 3 fully saturated rings. The molecule has 0 saturated heterocycles. The van der Waals surface area contributed by atoms with E-state index in [1.54, 1.807) is 24.3 Å². The highest BCUT2D eigenvalue weighted by Crippen LogP contribution is 2.73. The number of aromatic hydroxyl groups is 1. The molecule has 0 heterocycles. The van der Waals surface area contributed by atoms with Crippen LogP contribution in [0.1, 0.15) is 141 Å². The van der Waals surface area contributed by atoms with Gasteiger partial charge < -0.3 is 9.29 Å². The summed E-state index contributed by atoms with van der Waals surface area (Å²) < 4.78 is 7.20. The molecule has 1 N–H and O–H groups in total. The molecule has 4 heteroatoms. The molecule has 0 unspecified atom stereocenters. The molecule has 4 aromatic carbocycles. The SMILES string of the molecule is O=C(OS(c1ccccc1)(c1ccccc1)c1c(C2CCCCC2)cc(C2CCCCC2)cc1C1CCCCC1)c1ccccc1O. The zero-order valence-corrected chi connectivity index (χ0v) is 28.6. The van der Waals surface area contributed by atoms with Gasteiger partial charge in [0.2, 0.25) is 0 Å². The Balaban J connectivity index is 1.56. The maximum Gasteiger partial charge on any atom is 0.353 e. The highest BCUT2D eigenvalue weighted by Gasteiger charge is 2.43. The lowest BCUT2D eigenvalue weighted by Crippen LogP contribution is -2.21. The fourth-order valence-corrected chi connectivity index (χ4v) is 12.2. The summed E-state index contributed by atoms with van der Waals surface area (Å²) in [5.74, 6) is 0.968. The van der Waals surface area contributed by atoms with Crippen molar-refractivity contribution in [3.8, 4) is 5.75 Å². The van der Waals surface area contributed by atoms with Gasteiger partial charge >= 0.3 is 5.97 Å². The first kappa shape index (κ1) is 32.1. The first-order valence-electron chi connectivity index (χ1n) is 18.3. The van der Waals surface area contributed by atoms with E-state index >= 15 is 0 Å². The predicted octanol–water partition coefficient (Wildman–Crippen LogP) is 12.6. The molecule has 3 nitrogen and oxygen atoms in total. The van der Waals surface area contributed by atoms with Crippen molar-refractivity contribution in [1.29, 1.82) is 0 Å². The molecule has 0 spiro atoms. The van der Waals surface area contributed by atoms with Crippen molar-refractivity contribution in [2.45, 2.75) is 129 Å². The summed E-state index contributed by atoms with van der Waals surface area (Å²) in [6.07, 6.45) is 18.8. The fourth-order valence-electron chi connectivity index (χ4n) is 8.67. The van der Waals surface area contributed by atoms with E-state index in [2.05, 4.69) is 72.8 Å². The minimum atomic E-state index is -2.56. The minimum absolute atomic E-state index is 0.0421. The van der Waals surface area contributed by atoms with Crippen LogP contribution in [-0.2, 0) is 4.18 Å². The number of para-hydroxylation sites is 1. The Hall–Kier alpha value is -3.50. The summed E-state index contributed by atoms with van der Waals surface area (Å²) in [5.41, 5.74) is 4.60. The number of hydrogen-bond donors (Lipinski definition) is 1. The van der Waals surface area contributed by atoms with E-state index in [-0.39, 0.29) is 11.3 Å². The van der Waals surface area contributed by atoms with Crippen LogP contribution in [0.5, 0.6) is 5.75 Å². The van der Waals surface area contributed by atoms with Gasteiger partial charge in [-0.15, -0.1) is 0 Å². The lowest BCUT2D eigenvalue weighted by atomic mass is 9.76. The third-order valence-corrected chi connectivity index (χ3v) is 14.4. The quantitative estimate of drug-likeness (QED) is 0.207. The van der Waals surface area contributed by atoms with Gasteiger partial charge in [0.1, 0.15) is 11.3 Å². The van der Waals surface area contributed by atoms with Gasteiger partial charge in [-0.1, -0.05) is 118 Å². The summed E-state index contributed by atoms with van der Waals surface area (Å²) in [5, 5.41) is 10.9. The van der Waals surface area contributed by atoms with E-state index in [4.69, 9.17) is 4.18 Å². The van der Waals surface area contributed by atoms with Crippen molar-refractivity contribution in [3.05, 3.63) is 119 Å². The standard InChI is InChI=1S/C43H50O3S/c44-41-29-17-16-28-38(41)43(45)46-47(36-24-12-4-13-25-36,37-26-14-5-15-27-37)42-39(33-20-8-2-9-21-33)30-35(32-18-6-1-7-19-32)31-40(42)34-22-10-3-11-23-34/h4-5,12-17,24-34,44H,1-3,6-11,18-23H2. The first-order valence-corrected chi connectivity index (χ1v) is 19.8. The average Bonchev–Trinajstić information content (AvgIpc) is 3.15. The zero-order valence-electron chi connectivity index (χ0n) is 27.7. The first-order chi connectivity index (χ1) is 23.1. The second-order valence-corrected chi connectivity index (χ2v) is 16.7. The number of rotatable bonds is 8. The van der Waals surface area contributed by atoms with Crippen molar-refractivity contribution in [2.24, 2.45) is 0 Å². The number of benzene rings is 4. The lowest BCUT2D eigenvalue weighted by molar-refractivity contribution is 0.0754. The Morgan fingerprint density at radius 3 is 1.45 bits per heavy atom. The summed E-state index contributed by atoms with van der Waals surface area (Å²) in [6.45, 7) is 0. The van der Waals surface area contributed by atoms with Crippen molar-refractivity contribution in [1.82, 2.24) is 0 Å². The van der Waals surface area contributed by atoms with Gasteiger partial charge in [-0.05, 0) is 120 Å². The lowest BCUT2D eigenvalue weighted by Gasteiger charge is -2.45. The Kier molecular flexibility index (Phi) is 10.0. The summed E-state index contributed by atoms with van der Waals surface area (Å²) in [7, 11) is -2.56. The molecular formula is C43H50O3S. The van der Waals surface area contributed by atoms with Crippen LogP contribution < -0.4 is 0 Å². The molecule has 7 rings (SSSR count). The maximum absolute atomic E-state index is 14.5. The topological polar surface area (TPSA) is 46.5 Å². The molecule has 4 aromatic rings. The van der Waals surface area contributed by atoms with Crippen LogP contribution in [0.3, 0.4) is 0 Å². The van der Waals surface area contributed by atoms with Crippen LogP contribution in [0.4, 0.5) is 0 Å². The normalized spacial score (nSPS) is 18.9. The van der Waals surface area contributed by atoms with Crippen LogP contribution in [0.2, 0.25) is 0 Å². The molecule has 0 radical (unpaired) electrons. The van der Waals surface area contributed by atoms with Crippen LogP contribution in [0, 0.1) is 0 Å². The van der Waals surface area contributed by atoms with Gasteiger partial charge in [-0.25, -0.2) is 4.79 Å². The number of carbonyl (C=O) groups is 1. The van der Waals surface area contributed by atoms with E-state index in [0.29, 0.717) is 17.8 Å². The van der Waals surface area contributed by atoms with Crippen molar-refractivity contribution in [3.63, 3.8) is 0 Å². The van der Waals surface area contributed by atoms with Crippen LogP contribution in [0.25, 0.3) is 0 Å². The van der Waals surface area contributed by atoms with Crippen molar-refractivity contribution < 1.29 is 14.1 Å². The Morgan fingerprint density at radius 1 is 0.553 bits per heavy atom. The minimum Gasteiger partial charge on any atom is -0.507 e. The van der Waals surface area contributed by atoms with Gasteiger partial charge in [0.15, 0.2) is 0 Å². The Labute approximate surface area is 283 Å². The largest absolute Gasteiger partial charge is 0.507 e. The van der Waals surface area contributed by atoms with Crippen molar-refractivity contribution >= 4 is 16.3 Å². The second-order valence-electron chi connectivity index (χ2n) is 14.1. The molecule has 0 bridgehead atoms. The van der Waals surface area contributed by atoms with Gasteiger partial charge in [-0.2, -0.15) is 0 Å². The Morgan fingerprint density at radius 2 is 0.979 bits per heavy atom. The van der Waals surface area contributed by atoms with Gasteiger partial charge in [0, 0.05) is 14.7 Å². The smallest absolute Gasteiger partial charge is 0.353 e. The Bertz CT molecular complexity index is 1550. The number of hydrogen-bond acceptors (Lipinski definition) is 3. The third-order valence-electron chi connectivity index (χ3n) is 11.1. The average molecular weight is 647 g/mol. The van der Waals surface area contributed by atoms with Gasteiger partial charge in [-0.3, -0.25) is 0 Å². The molecule has 3 saturated carbocycles. The maximum atomic E-state index is 14.5. The summed E-state index contributed by atoms with van der Waals surface area (Å²) in [6, 6.07) is 33.2. The number of phenols is 1. The second kappa shape index (κ2) is 14.7. The molecule has 0 aromatic heterocycles. The highest BCUT2D eigenvalue weighted by atomic mass is 32.3.